The van der Waals surface area contributed by atoms with Crippen LogP contribution in [0.4, 0.5) is 15.3 Å². The Morgan fingerprint density at radius 2 is 2.03 bits per heavy atom. The van der Waals surface area contributed by atoms with E-state index in [9.17, 15) is 24.6 Å². The van der Waals surface area contributed by atoms with Crippen molar-refractivity contribution in [3.05, 3.63) is 24.4 Å². The number of carboxylic acids is 1. The molecule has 1 saturated heterocycles. The van der Waals surface area contributed by atoms with Crippen molar-refractivity contribution in [2.24, 2.45) is 11.7 Å². The van der Waals surface area contributed by atoms with Gasteiger partial charge >= 0.3 is 18.0 Å². The van der Waals surface area contributed by atoms with Crippen LogP contribution in [-0.2, 0) is 4.79 Å². The van der Waals surface area contributed by atoms with E-state index >= 15 is 0 Å². The Morgan fingerprint density at radius 1 is 1.30 bits per heavy atom. The molecular weight excluding hydrogens is 392 g/mol. The van der Waals surface area contributed by atoms with Gasteiger partial charge in [0.2, 0.25) is 0 Å². The highest BCUT2D eigenvalue weighted by Crippen LogP contribution is 2.48. The number of anilines is 1. The summed E-state index contributed by atoms with van der Waals surface area (Å²) in [4.78, 5) is 37.6. The number of aliphatic carboxylic acids is 1. The summed E-state index contributed by atoms with van der Waals surface area (Å²) < 4.78 is 6.80. The predicted molar refractivity (Wildman–Crippen MR) is 108 cm³/mol. The number of nitrogens with one attached hydrogen (secondary N) is 1. The van der Waals surface area contributed by atoms with Crippen molar-refractivity contribution >= 4 is 34.6 Å². The zero-order chi connectivity index (χ0) is 21.8. The van der Waals surface area contributed by atoms with Crippen molar-refractivity contribution in [1.82, 2.24) is 9.47 Å². The Bertz CT molecular complexity index is 1040. The van der Waals surface area contributed by atoms with Crippen LogP contribution in [0.2, 0.25) is 0 Å². The zero-order valence-corrected chi connectivity index (χ0v) is 16.7. The average molecular weight is 416 g/mol. The maximum absolute atomic E-state index is 12.9. The van der Waals surface area contributed by atoms with Crippen LogP contribution in [0.5, 0.6) is 5.75 Å². The minimum Gasteiger partial charge on any atom is -0.491 e. The fourth-order valence-corrected chi connectivity index (χ4v) is 3.99. The normalized spacial score (nSPS) is 22.6. The van der Waals surface area contributed by atoms with Crippen LogP contribution in [0.25, 0.3) is 10.9 Å². The van der Waals surface area contributed by atoms with Crippen LogP contribution in [0, 0.1) is 5.92 Å². The third-order valence-corrected chi connectivity index (χ3v) is 5.47. The number of hydrogen-bond donors (Lipinski definition) is 4. The van der Waals surface area contributed by atoms with Crippen LogP contribution in [0.1, 0.15) is 26.7 Å². The van der Waals surface area contributed by atoms with Crippen molar-refractivity contribution < 1.29 is 29.3 Å². The van der Waals surface area contributed by atoms with Gasteiger partial charge in [-0.1, -0.05) is 0 Å². The SMILES string of the molecule is CC(C)(O)COc1ccc2c(c1)c(NC(=O)N1[C@@H]3C[C@@H]3C[C@H]1C(=O)O)cn2C(N)=O. The highest BCUT2D eigenvalue weighted by molar-refractivity contribution is 6.05. The van der Waals surface area contributed by atoms with E-state index in [-0.39, 0.29) is 18.6 Å². The standard InChI is InChI=1S/C20H24N4O6/c1-20(2,29)9-30-11-3-4-14-12(7-11)13(8-23(14)18(21)27)22-19(28)24-15-5-10(15)6-16(24)17(25)26/h3-4,7-8,10,15-16,29H,5-6,9H2,1-2H3,(H2,21,27)(H,22,28)(H,25,26)/t10-,15-,16+/m1/s1. The number of benzene rings is 1. The number of nitrogens with zero attached hydrogens (tertiary/aromatic N) is 2. The van der Waals surface area contributed by atoms with Gasteiger partial charge < -0.3 is 30.9 Å². The second-order valence-electron chi connectivity index (χ2n) is 8.52. The zero-order valence-electron chi connectivity index (χ0n) is 16.7. The largest absolute Gasteiger partial charge is 0.491 e. The number of hydrogen-bond acceptors (Lipinski definition) is 5. The maximum Gasteiger partial charge on any atom is 0.326 e. The lowest BCUT2D eigenvalue weighted by molar-refractivity contribution is -0.141. The smallest absolute Gasteiger partial charge is 0.326 e. The van der Waals surface area contributed by atoms with Gasteiger partial charge in [0.05, 0.1) is 16.8 Å². The summed E-state index contributed by atoms with van der Waals surface area (Å²) in [6, 6.07) is 2.72. The number of nitrogens with two attached hydrogens (primary N) is 1. The molecule has 10 heteroatoms. The Labute approximate surface area is 172 Å². The molecule has 1 aliphatic carbocycles. The van der Waals surface area contributed by atoms with E-state index in [1.807, 2.05) is 0 Å². The first kappa shape index (κ1) is 20.0. The molecule has 0 radical (unpaired) electrons. The number of piperidine rings is 1. The van der Waals surface area contributed by atoms with Gasteiger partial charge in [0.25, 0.3) is 0 Å². The number of rotatable bonds is 5. The van der Waals surface area contributed by atoms with Crippen LogP contribution >= 0.6 is 0 Å². The molecule has 0 spiro atoms. The van der Waals surface area contributed by atoms with E-state index in [2.05, 4.69) is 5.32 Å². The number of likely N-dealkylation sites (tertiary alicyclic amines) is 1. The van der Waals surface area contributed by atoms with E-state index in [0.717, 1.165) is 6.42 Å². The molecule has 3 amide bonds. The number of carbonyl (C=O) groups excluding carboxylic acids is 2. The van der Waals surface area contributed by atoms with Crippen molar-refractivity contribution in [3.8, 4) is 5.75 Å². The molecule has 2 fully saturated rings. The van der Waals surface area contributed by atoms with Gasteiger partial charge in [0, 0.05) is 17.6 Å². The summed E-state index contributed by atoms with van der Waals surface area (Å²) >= 11 is 0. The quantitative estimate of drug-likeness (QED) is 0.584. The average Bonchev–Trinajstić information content (AvgIpc) is 3.16. The Hall–Kier alpha value is -3.27. The lowest BCUT2D eigenvalue weighted by Gasteiger charge is -2.24. The summed E-state index contributed by atoms with van der Waals surface area (Å²) in [6.45, 7) is 3.27. The van der Waals surface area contributed by atoms with Crippen LogP contribution in [-0.4, -0.2) is 62.0 Å². The molecule has 10 nitrogen and oxygen atoms in total. The number of urea groups is 1. The van der Waals surface area contributed by atoms with Gasteiger partial charge in [-0.25, -0.2) is 14.4 Å². The Morgan fingerprint density at radius 3 is 2.67 bits per heavy atom. The van der Waals surface area contributed by atoms with E-state index in [1.54, 1.807) is 32.0 Å². The van der Waals surface area contributed by atoms with Gasteiger partial charge in [-0.15, -0.1) is 0 Å². The highest BCUT2D eigenvalue weighted by Gasteiger charge is 2.56. The van der Waals surface area contributed by atoms with Gasteiger partial charge in [0.1, 0.15) is 18.4 Å². The molecular formula is C20H24N4O6. The van der Waals surface area contributed by atoms with Gasteiger partial charge in [-0.2, -0.15) is 0 Å². The minimum atomic E-state index is -1.03. The van der Waals surface area contributed by atoms with E-state index < -0.39 is 29.7 Å². The summed E-state index contributed by atoms with van der Waals surface area (Å²) in [5, 5.41) is 22.5. The first-order valence-corrected chi connectivity index (χ1v) is 9.67. The molecule has 2 aliphatic rings. The summed E-state index contributed by atoms with van der Waals surface area (Å²) in [6.07, 6.45) is 2.65. The molecule has 1 saturated carbocycles. The molecule has 2 aromatic rings. The van der Waals surface area contributed by atoms with Gasteiger partial charge in [0.15, 0.2) is 0 Å². The fourth-order valence-electron chi connectivity index (χ4n) is 3.99. The molecule has 0 unspecified atom stereocenters. The van der Waals surface area contributed by atoms with Gasteiger partial charge in [-0.3, -0.25) is 4.57 Å². The number of carbonyl (C=O) groups is 3. The number of amides is 3. The van der Waals surface area contributed by atoms with Crippen molar-refractivity contribution in [3.63, 3.8) is 0 Å². The lowest BCUT2D eigenvalue weighted by Crippen LogP contribution is -2.45. The first-order chi connectivity index (χ1) is 14.0. The topological polar surface area (TPSA) is 147 Å². The Balaban J connectivity index is 1.64. The van der Waals surface area contributed by atoms with Crippen molar-refractivity contribution in [2.45, 2.75) is 44.4 Å². The van der Waals surface area contributed by atoms with Gasteiger partial charge in [-0.05, 0) is 50.8 Å². The number of fused-ring (bicyclic) bond motifs is 2. The third kappa shape index (κ3) is 3.65. The summed E-state index contributed by atoms with van der Waals surface area (Å²) in [5.41, 5.74) is 5.20. The first-order valence-electron chi connectivity index (χ1n) is 9.67. The van der Waals surface area contributed by atoms with E-state index in [1.165, 1.54) is 15.7 Å². The molecule has 0 bridgehead atoms. The van der Waals surface area contributed by atoms with Crippen molar-refractivity contribution in [2.75, 3.05) is 11.9 Å². The molecule has 2 heterocycles. The summed E-state index contributed by atoms with van der Waals surface area (Å²) in [7, 11) is 0. The van der Waals surface area contributed by atoms with Crippen LogP contribution in [0.3, 0.4) is 0 Å². The summed E-state index contributed by atoms with van der Waals surface area (Å²) in [5.74, 6) is -0.362. The second kappa shape index (κ2) is 6.91. The predicted octanol–water partition coefficient (Wildman–Crippen LogP) is 1.80. The van der Waals surface area contributed by atoms with Crippen LogP contribution in [0.15, 0.2) is 24.4 Å². The molecule has 1 aromatic heterocycles. The van der Waals surface area contributed by atoms with Crippen LogP contribution < -0.4 is 15.8 Å². The molecule has 160 valence electrons. The number of aliphatic hydroxyl groups is 1. The molecule has 1 aromatic carbocycles. The molecule has 5 N–H and O–H groups in total. The maximum atomic E-state index is 12.9. The number of aromatic nitrogens is 1. The lowest BCUT2D eigenvalue weighted by atomic mass is 10.1. The molecule has 4 rings (SSSR count). The number of carboxylic acid groups (broad SMARTS) is 1. The molecule has 30 heavy (non-hydrogen) atoms. The van der Waals surface area contributed by atoms with E-state index in [4.69, 9.17) is 10.5 Å². The third-order valence-electron chi connectivity index (χ3n) is 5.47. The monoisotopic (exact) mass is 416 g/mol. The highest BCUT2D eigenvalue weighted by atomic mass is 16.5. The second-order valence-corrected chi connectivity index (χ2v) is 8.52. The molecule has 1 aliphatic heterocycles. The minimum absolute atomic E-state index is 0.0495. The Kier molecular flexibility index (Phi) is 4.61. The molecule has 3 atom stereocenters. The number of primary amides is 1. The number of ether oxygens (including phenoxy) is 1. The van der Waals surface area contributed by atoms with E-state index in [0.29, 0.717) is 28.8 Å². The van der Waals surface area contributed by atoms with Crippen molar-refractivity contribution in [1.29, 1.82) is 0 Å². The fraction of sp³-hybridized carbons (Fsp3) is 0.450.